The van der Waals surface area contributed by atoms with Crippen molar-refractivity contribution in [3.8, 4) is 0 Å². The zero-order chi connectivity index (χ0) is 12.1. The van der Waals surface area contributed by atoms with E-state index in [0.717, 1.165) is 25.7 Å². The van der Waals surface area contributed by atoms with E-state index in [9.17, 15) is 5.11 Å². The minimum Gasteiger partial charge on any atom is -0.392 e. The number of hydrogen-bond acceptors (Lipinski definition) is 1. The molecule has 0 radical (unpaired) electrons. The third kappa shape index (κ3) is 3.21. The molecule has 0 aromatic heterocycles. The molecule has 15 heavy (non-hydrogen) atoms. The summed E-state index contributed by atoms with van der Waals surface area (Å²) in [6.45, 7) is 13.3. The summed E-state index contributed by atoms with van der Waals surface area (Å²) < 4.78 is 0. The highest BCUT2D eigenvalue weighted by Gasteiger charge is 2.37. The molecule has 0 bridgehead atoms. The van der Waals surface area contributed by atoms with Gasteiger partial charge in [-0.25, -0.2) is 0 Å². The molecule has 0 spiro atoms. The van der Waals surface area contributed by atoms with Crippen LogP contribution in [0.5, 0.6) is 0 Å². The summed E-state index contributed by atoms with van der Waals surface area (Å²) in [5.41, 5.74) is 0.142. The van der Waals surface area contributed by atoms with Gasteiger partial charge in [0.15, 0.2) is 0 Å². The Kier molecular flexibility index (Phi) is 6.51. The van der Waals surface area contributed by atoms with E-state index < -0.39 is 0 Å². The maximum atomic E-state index is 10.5. The lowest BCUT2D eigenvalue weighted by Crippen LogP contribution is -2.40. The second-order valence-corrected chi connectivity index (χ2v) is 5.11. The average molecular weight is 214 g/mol. The van der Waals surface area contributed by atoms with Gasteiger partial charge in [-0.05, 0) is 36.5 Å². The number of aliphatic hydroxyl groups excluding tert-OH is 1. The van der Waals surface area contributed by atoms with E-state index in [1.54, 1.807) is 0 Å². The summed E-state index contributed by atoms with van der Waals surface area (Å²) >= 11 is 0. The lowest BCUT2D eigenvalue weighted by molar-refractivity contribution is -0.0387. The molecule has 0 saturated carbocycles. The van der Waals surface area contributed by atoms with Gasteiger partial charge in [-0.2, -0.15) is 0 Å². The van der Waals surface area contributed by atoms with Crippen molar-refractivity contribution in [1.82, 2.24) is 0 Å². The molecule has 92 valence electrons. The SMILES string of the molecule is CCC(C)C(C)C(O)C(CC)(CC)CC. The van der Waals surface area contributed by atoms with Gasteiger partial charge in [0.2, 0.25) is 0 Å². The Morgan fingerprint density at radius 3 is 1.60 bits per heavy atom. The fraction of sp³-hybridized carbons (Fsp3) is 1.00. The van der Waals surface area contributed by atoms with Gasteiger partial charge >= 0.3 is 0 Å². The van der Waals surface area contributed by atoms with Crippen LogP contribution >= 0.6 is 0 Å². The maximum Gasteiger partial charge on any atom is 0.0624 e. The minimum atomic E-state index is -0.146. The number of aliphatic hydroxyl groups is 1. The van der Waals surface area contributed by atoms with Crippen LogP contribution < -0.4 is 0 Å². The smallest absolute Gasteiger partial charge is 0.0624 e. The molecule has 3 atom stereocenters. The van der Waals surface area contributed by atoms with E-state index >= 15 is 0 Å². The Bertz CT molecular complexity index is 152. The molecule has 1 heteroatoms. The van der Waals surface area contributed by atoms with Crippen LogP contribution in [-0.2, 0) is 0 Å². The largest absolute Gasteiger partial charge is 0.392 e. The van der Waals surface area contributed by atoms with Crippen molar-refractivity contribution in [3.63, 3.8) is 0 Å². The highest BCUT2D eigenvalue weighted by Crippen LogP contribution is 2.39. The molecule has 0 aliphatic carbocycles. The Hall–Kier alpha value is -0.0400. The molecule has 1 N–H and O–H groups in total. The van der Waals surface area contributed by atoms with Crippen LogP contribution in [0, 0.1) is 17.3 Å². The third-order valence-corrected chi connectivity index (χ3v) is 4.78. The fourth-order valence-electron chi connectivity index (χ4n) is 2.62. The van der Waals surface area contributed by atoms with Crippen molar-refractivity contribution in [2.75, 3.05) is 0 Å². The summed E-state index contributed by atoms with van der Waals surface area (Å²) in [4.78, 5) is 0. The summed E-state index contributed by atoms with van der Waals surface area (Å²) in [6.07, 6.45) is 4.27. The molecule has 0 aromatic carbocycles. The normalized spacial score (nSPS) is 18.6. The van der Waals surface area contributed by atoms with Crippen LogP contribution in [0.15, 0.2) is 0 Å². The summed E-state index contributed by atoms with van der Waals surface area (Å²) in [6, 6.07) is 0. The van der Waals surface area contributed by atoms with E-state index in [2.05, 4.69) is 41.5 Å². The van der Waals surface area contributed by atoms with Gasteiger partial charge in [0, 0.05) is 0 Å². The van der Waals surface area contributed by atoms with E-state index in [1.807, 2.05) is 0 Å². The highest BCUT2D eigenvalue weighted by atomic mass is 16.3. The van der Waals surface area contributed by atoms with Crippen LogP contribution in [0.25, 0.3) is 0 Å². The molecule has 0 fully saturated rings. The monoisotopic (exact) mass is 214 g/mol. The molecular formula is C14H30O. The summed E-state index contributed by atoms with van der Waals surface area (Å²) in [5, 5.41) is 10.5. The van der Waals surface area contributed by atoms with Crippen LogP contribution in [-0.4, -0.2) is 11.2 Å². The Morgan fingerprint density at radius 1 is 0.933 bits per heavy atom. The van der Waals surface area contributed by atoms with Crippen LogP contribution in [0.4, 0.5) is 0 Å². The van der Waals surface area contributed by atoms with Crippen LogP contribution in [0.1, 0.15) is 67.2 Å². The fourth-order valence-corrected chi connectivity index (χ4v) is 2.62. The Morgan fingerprint density at radius 2 is 1.33 bits per heavy atom. The first-order valence-electron chi connectivity index (χ1n) is 6.67. The number of rotatable bonds is 7. The quantitative estimate of drug-likeness (QED) is 0.672. The van der Waals surface area contributed by atoms with E-state index in [0.29, 0.717) is 11.8 Å². The molecule has 0 aliphatic rings. The summed E-state index contributed by atoms with van der Waals surface area (Å²) in [7, 11) is 0. The maximum absolute atomic E-state index is 10.5. The average Bonchev–Trinajstić information content (AvgIpc) is 2.29. The topological polar surface area (TPSA) is 20.2 Å². The second kappa shape index (κ2) is 6.52. The second-order valence-electron chi connectivity index (χ2n) is 5.11. The zero-order valence-electron chi connectivity index (χ0n) is 11.5. The molecular weight excluding hydrogens is 184 g/mol. The predicted octanol–water partition coefficient (Wildman–Crippen LogP) is 4.25. The van der Waals surface area contributed by atoms with Gasteiger partial charge in [0.25, 0.3) is 0 Å². The van der Waals surface area contributed by atoms with Crippen LogP contribution in [0.3, 0.4) is 0 Å². The molecule has 0 amide bonds. The lowest BCUT2D eigenvalue weighted by Gasteiger charge is -2.40. The van der Waals surface area contributed by atoms with Gasteiger partial charge in [-0.15, -0.1) is 0 Å². The minimum absolute atomic E-state index is 0.142. The van der Waals surface area contributed by atoms with E-state index in [1.165, 1.54) is 0 Å². The van der Waals surface area contributed by atoms with Gasteiger partial charge in [-0.1, -0.05) is 48.0 Å². The molecule has 0 heterocycles. The molecule has 3 unspecified atom stereocenters. The molecule has 0 saturated heterocycles. The third-order valence-electron chi connectivity index (χ3n) is 4.78. The van der Waals surface area contributed by atoms with Gasteiger partial charge in [0.1, 0.15) is 0 Å². The van der Waals surface area contributed by atoms with E-state index in [-0.39, 0.29) is 11.5 Å². The van der Waals surface area contributed by atoms with Gasteiger partial charge in [-0.3, -0.25) is 0 Å². The van der Waals surface area contributed by atoms with Crippen molar-refractivity contribution < 1.29 is 5.11 Å². The van der Waals surface area contributed by atoms with Crippen molar-refractivity contribution in [2.24, 2.45) is 17.3 Å². The first-order valence-corrected chi connectivity index (χ1v) is 6.67. The molecule has 0 aliphatic heterocycles. The van der Waals surface area contributed by atoms with Crippen molar-refractivity contribution in [3.05, 3.63) is 0 Å². The van der Waals surface area contributed by atoms with Gasteiger partial charge in [0.05, 0.1) is 6.10 Å². The first-order chi connectivity index (χ1) is 6.98. The predicted molar refractivity (Wildman–Crippen MR) is 67.9 cm³/mol. The highest BCUT2D eigenvalue weighted by molar-refractivity contribution is 4.87. The summed E-state index contributed by atoms with van der Waals surface area (Å²) in [5.74, 6) is 1.03. The van der Waals surface area contributed by atoms with Crippen LogP contribution in [0.2, 0.25) is 0 Å². The zero-order valence-corrected chi connectivity index (χ0v) is 11.5. The molecule has 1 nitrogen and oxygen atoms in total. The van der Waals surface area contributed by atoms with E-state index in [4.69, 9.17) is 0 Å². The van der Waals surface area contributed by atoms with Crippen molar-refractivity contribution >= 4 is 0 Å². The van der Waals surface area contributed by atoms with Gasteiger partial charge < -0.3 is 5.11 Å². The Balaban J connectivity index is 4.69. The Labute approximate surface area is 96.3 Å². The molecule has 0 aromatic rings. The van der Waals surface area contributed by atoms with Crippen molar-refractivity contribution in [2.45, 2.75) is 73.3 Å². The first kappa shape index (κ1) is 15.0. The standard InChI is InChI=1S/C14H30O/c1-7-11(5)12(6)13(15)14(8-2,9-3)10-4/h11-13,15H,7-10H2,1-6H3. The molecule has 0 rings (SSSR count). The van der Waals surface area contributed by atoms with Crippen molar-refractivity contribution in [1.29, 1.82) is 0 Å². The number of hydrogen-bond donors (Lipinski definition) is 1. The lowest BCUT2D eigenvalue weighted by atomic mass is 9.68.